The second kappa shape index (κ2) is 24.6. The van der Waals surface area contributed by atoms with Gasteiger partial charge in [-0.2, -0.15) is 4.98 Å². The highest BCUT2D eigenvalue weighted by Gasteiger charge is 2.51. The first-order valence-electron chi connectivity index (χ1n) is 32.6. The van der Waals surface area contributed by atoms with Crippen LogP contribution in [0.3, 0.4) is 0 Å². The minimum absolute atomic E-state index is 0.0112. The third-order valence-electron chi connectivity index (χ3n) is 19.4. The predicted octanol–water partition coefficient (Wildman–Crippen LogP) is 8.97. The molecule has 13 rings (SSSR count). The Morgan fingerprint density at radius 1 is 0.920 bits per heavy atom. The molecule has 4 N–H and O–H groups in total. The number of H-pyrrole nitrogens is 1. The van der Waals surface area contributed by atoms with Crippen LogP contribution in [-0.4, -0.2) is 165 Å². The molecule has 23 heteroatoms. The van der Waals surface area contributed by atoms with Crippen LogP contribution >= 0.6 is 0 Å². The molecule has 0 radical (unpaired) electrons. The molecule has 468 valence electrons. The van der Waals surface area contributed by atoms with E-state index in [1.54, 1.807) is 12.3 Å². The van der Waals surface area contributed by atoms with Gasteiger partial charge in [0.25, 0.3) is 21.6 Å². The molecule has 6 fully saturated rings. The monoisotopic (exact) mass is 1230 g/mol. The highest BCUT2D eigenvalue weighted by molar-refractivity contribution is 7.90. The van der Waals surface area contributed by atoms with Crippen molar-refractivity contribution in [3.8, 4) is 17.4 Å². The molecule has 1 amide bonds. The van der Waals surface area contributed by atoms with E-state index in [4.69, 9.17) is 37.8 Å². The number of piperidine rings is 1. The second-order valence-electron chi connectivity index (χ2n) is 25.7. The van der Waals surface area contributed by atoms with Crippen molar-refractivity contribution in [1.82, 2.24) is 29.5 Å². The highest BCUT2D eigenvalue weighted by Crippen LogP contribution is 2.54. The number of amides is 1. The summed E-state index contributed by atoms with van der Waals surface area (Å²) in [5.41, 5.74) is 3.72. The minimum Gasteiger partial charge on any atom is -0.493 e. The third-order valence-corrected chi connectivity index (χ3v) is 20.7. The van der Waals surface area contributed by atoms with Gasteiger partial charge in [0.05, 0.1) is 75.8 Å². The number of nitro groups is 1. The number of methoxy groups -OCH3 is 1. The van der Waals surface area contributed by atoms with Crippen LogP contribution in [0, 0.1) is 21.4 Å². The van der Waals surface area contributed by atoms with E-state index in [1.165, 1.54) is 12.1 Å². The van der Waals surface area contributed by atoms with Crippen LogP contribution in [0.25, 0.3) is 11.0 Å². The molecular weight excluding hydrogens is 1140 g/mol. The van der Waals surface area contributed by atoms with Crippen LogP contribution in [-0.2, 0) is 26.0 Å². The fraction of sp³-hybridized carbons (Fsp3) is 0.523. The summed E-state index contributed by atoms with van der Waals surface area (Å²) in [5.74, 6) is 1.21. The van der Waals surface area contributed by atoms with E-state index in [9.17, 15) is 28.4 Å². The van der Waals surface area contributed by atoms with E-state index in [2.05, 4.69) is 52.8 Å². The minimum atomic E-state index is -4.68. The van der Waals surface area contributed by atoms with Crippen molar-refractivity contribution in [2.24, 2.45) is 11.3 Å². The van der Waals surface area contributed by atoms with Crippen molar-refractivity contribution in [3.05, 3.63) is 118 Å². The summed E-state index contributed by atoms with van der Waals surface area (Å²) in [6.07, 6.45) is 10.3. The van der Waals surface area contributed by atoms with E-state index < -0.39 is 50.2 Å². The van der Waals surface area contributed by atoms with Gasteiger partial charge in [-0.25, -0.2) is 18.1 Å². The van der Waals surface area contributed by atoms with Gasteiger partial charge in [-0.1, -0.05) is 18.2 Å². The molecule has 6 aromatic rings. The molecule has 7 aliphatic rings. The number of sulfonamides is 1. The zero-order chi connectivity index (χ0) is 63.4. The number of nitro benzene ring substituents is 1. The van der Waals surface area contributed by atoms with Gasteiger partial charge < -0.3 is 53.8 Å². The number of aromatic nitrogens is 3. The molecule has 8 heterocycles. The highest BCUT2D eigenvalue weighted by atomic mass is 32.2. The summed E-state index contributed by atoms with van der Waals surface area (Å²) in [5, 5.41) is 26.9. The lowest BCUT2D eigenvalue weighted by Gasteiger charge is -2.58. The lowest BCUT2D eigenvalue weighted by molar-refractivity contribution is -0.384. The van der Waals surface area contributed by atoms with Gasteiger partial charge in [0.1, 0.15) is 28.9 Å². The number of aliphatic hydroxyl groups is 1. The fourth-order valence-electron chi connectivity index (χ4n) is 14.6. The Labute approximate surface area is 518 Å². The van der Waals surface area contributed by atoms with Crippen LogP contribution in [0.5, 0.6) is 17.4 Å². The summed E-state index contributed by atoms with van der Waals surface area (Å²) in [7, 11) is -7.32. The first-order valence-corrected chi connectivity index (χ1v) is 32.6. The quantitative estimate of drug-likeness (QED) is 0.0492. The lowest BCUT2D eigenvalue weighted by Crippen LogP contribution is -2.59. The number of aromatic amines is 1. The molecule has 5 aliphatic heterocycles. The van der Waals surface area contributed by atoms with Crippen LogP contribution in [0.4, 0.5) is 34.3 Å². The summed E-state index contributed by atoms with van der Waals surface area (Å²) in [4.78, 5) is 50.7. The SMILES string of the molecule is [2H]C([2H])([2H])Oc1cc(CN2CCN(C3CC4(CCN(c5ccc(C(=O)NS(=O)(=O)c6ccc(NCC7CCC(C)(O)CC7)c([N+](=O)[O-])c6)c(N6c7cc8cc[nH]c8nc7O[C@H]7COCC[C@@H]76)c5)CC4)C3)[C@@H](c3ccccc3OC(C)C)C2)cnc1N1CCOCC1. The number of pyridine rings is 2. The second-order valence-corrected chi connectivity index (χ2v) is 27.4. The Balaban J connectivity index is 0.745. The molecule has 2 saturated carbocycles. The maximum absolute atomic E-state index is 14.9. The topological polar surface area (TPSA) is 243 Å². The molecule has 3 aromatic carbocycles. The number of fused-ring (bicyclic) bond motifs is 3. The van der Waals surface area contributed by atoms with Crippen LogP contribution in [0.2, 0.25) is 0 Å². The van der Waals surface area contributed by atoms with Crippen molar-refractivity contribution in [3.63, 3.8) is 0 Å². The summed E-state index contributed by atoms with van der Waals surface area (Å²) < 4.78 is 85.0. The number of hydrogen-bond donors (Lipinski definition) is 4. The molecule has 3 atom stereocenters. The summed E-state index contributed by atoms with van der Waals surface area (Å²) >= 11 is 0. The molecule has 0 unspecified atom stereocenters. The van der Waals surface area contributed by atoms with Gasteiger partial charge in [0.15, 0.2) is 11.6 Å². The zero-order valence-electron chi connectivity index (χ0n) is 53.2. The van der Waals surface area contributed by atoms with Gasteiger partial charge in [-0.05, 0) is 150 Å². The first kappa shape index (κ1) is 56.0. The van der Waals surface area contributed by atoms with Crippen molar-refractivity contribution in [1.29, 1.82) is 0 Å². The van der Waals surface area contributed by atoms with E-state index >= 15 is 0 Å². The number of carbonyl (C=O) groups excluding carboxylic acids is 1. The Kier molecular flexibility index (Phi) is 15.6. The number of anilines is 5. The fourth-order valence-corrected chi connectivity index (χ4v) is 15.6. The predicted molar refractivity (Wildman–Crippen MR) is 335 cm³/mol. The standard InChI is InChI=1S/C65H81N11O11S/c1-42(2)86-57-8-6-5-7-49(57)56-40-71(39-44-31-58(83-4)61(68-38-44)73-26-29-84-30-27-73)24-25-74(56)47-35-65(36-47)19-22-72(23-20-65)46-9-11-50(53(33-46)75-52-16-28-85-41-59(52)87-63-55(75)32-45-15-21-66-60(45)69-63)62(77)70-88(81,82)48-10-12-51(54(34-48)76(79)80)67-37-43-13-17-64(3,78)18-14-43/h5-12,15,21,31-34,38,42-43,47,52,56,59,67,78H,13-14,16-20,22-30,35-37,39-41H2,1-4H3,(H,66,69)(H,70,77)/t43?,52-,56+,59-,64?/m0/s1/i4D3. The maximum Gasteiger partial charge on any atom is 0.293 e. The number of rotatable bonds is 17. The summed E-state index contributed by atoms with van der Waals surface area (Å²) in [6, 6.07) is 23.2. The average molecular weight is 1230 g/mol. The van der Waals surface area contributed by atoms with E-state index in [0.29, 0.717) is 107 Å². The van der Waals surface area contributed by atoms with Gasteiger partial charge in [0.2, 0.25) is 5.88 Å². The number of nitrogens with one attached hydrogen (secondary N) is 3. The van der Waals surface area contributed by atoms with E-state index in [0.717, 1.165) is 98.7 Å². The number of carbonyl (C=O) groups is 1. The molecule has 4 saturated heterocycles. The van der Waals surface area contributed by atoms with Crippen LogP contribution < -0.4 is 38.9 Å². The van der Waals surface area contributed by atoms with Crippen molar-refractivity contribution < 1.29 is 51.0 Å². The smallest absolute Gasteiger partial charge is 0.293 e. The molecular formula is C65H81N11O11S. The number of hydrogen-bond acceptors (Lipinski definition) is 19. The van der Waals surface area contributed by atoms with Crippen molar-refractivity contribution in [2.45, 2.75) is 126 Å². The zero-order valence-corrected chi connectivity index (χ0v) is 51.0. The number of para-hydroxylation sites is 1. The lowest BCUT2D eigenvalue weighted by atomic mass is 9.59. The van der Waals surface area contributed by atoms with Crippen LogP contribution in [0.15, 0.2) is 96.2 Å². The third kappa shape index (κ3) is 12.3. The van der Waals surface area contributed by atoms with Gasteiger partial charge in [-0.15, -0.1) is 0 Å². The van der Waals surface area contributed by atoms with Gasteiger partial charge >= 0.3 is 0 Å². The first-order chi connectivity index (χ1) is 43.6. The number of benzene rings is 3. The number of morpholine rings is 1. The van der Waals surface area contributed by atoms with Gasteiger partial charge in [0, 0.05) is 107 Å². The normalized spacial score (nSPS) is 25.0. The Bertz CT molecular complexity index is 3770. The molecule has 88 heavy (non-hydrogen) atoms. The van der Waals surface area contributed by atoms with Crippen molar-refractivity contribution in [2.75, 3.05) is 106 Å². The molecule has 22 nitrogen and oxygen atoms in total. The van der Waals surface area contributed by atoms with E-state index in [1.807, 2.05) is 68.3 Å². The number of piperazine rings is 1. The Morgan fingerprint density at radius 3 is 2.51 bits per heavy atom. The Morgan fingerprint density at radius 2 is 1.73 bits per heavy atom. The molecule has 3 aromatic heterocycles. The van der Waals surface area contributed by atoms with E-state index in [-0.39, 0.29) is 53.1 Å². The molecule has 0 bridgehead atoms. The van der Waals surface area contributed by atoms with Crippen LogP contribution in [0.1, 0.15) is 110 Å². The molecule has 1 spiro atoms. The molecule has 2 aliphatic carbocycles. The average Bonchev–Trinajstić information content (AvgIpc) is 1.19. The Hall–Kier alpha value is -7.28. The van der Waals surface area contributed by atoms with Gasteiger partial charge in [-0.3, -0.25) is 24.7 Å². The largest absolute Gasteiger partial charge is 0.493 e. The number of ether oxygens (including phenoxy) is 5. The summed E-state index contributed by atoms with van der Waals surface area (Å²) in [6.45, 7) is 13.6. The maximum atomic E-state index is 14.9. The van der Waals surface area contributed by atoms with Crippen molar-refractivity contribution >= 4 is 61.2 Å². The number of nitrogens with zero attached hydrogens (tertiary/aromatic N) is 8.